The first-order valence-electron chi connectivity index (χ1n) is 6.44. The average Bonchev–Trinajstić information content (AvgIpc) is 2.39. The Morgan fingerprint density at radius 1 is 1.55 bits per heavy atom. The summed E-state index contributed by atoms with van der Waals surface area (Å²) < 4.78 is 11.8. The van der Waals surface area contributed by atoms with E-state index < -0.39 is 4.92 Å². The molecule has 7 heteroatoms. The lowest BCUT2D eigenvalue weighted by molar-refractivity contribution is -0.386. The van der Waals surface area contributed by atoms with Gasteiger partial charge in [0.1, 0.15) is 12.2 Å². The average molecular weight is 345 g/mol. The molecule has 1 aromatic carbocycles. The molecule has 0 heterocycles. The van der Waals surface area contributed by atoms with Crippen LogP contribution in [0, 0.1) is 10.1 Å². The van der Waals surface area contributed by atoms with Gasteiger partial charge in [-0.3, -0.25) is 10.1 Å². The van der Waals surface area contributed by atoms with Gasteiger partial charge < -0.3 is 14.8 Å². The minimum Gasteiger partial charge on any atom is -0.480 e. The number of nitro groups is 1. The number of nitrogens with one attached hydrogen (secondary N) is 1. The summed E-state index contributed by atoms with van der Waals surface area (Å²) in [7, 11) is 1.62. The van der Waals surface area contributed by atoms with Crippen molar-refractivity contribution in [1.29, 1.82) is 0 Å². The van der Waals surface area contributed by atoms with E-state index in [1.54, 1.807) is 19.2 Å². The number of ether oxygens (including phenoxy) is 2. The van der Waals surface area contributed by atoms with E-state index in [9.17, 15) is 10.1 Å². The number of likely N-dealkylation sites (N-methyl/N-ethyl adjacent to an activating group) is 1. The van der Waals surface area contributed by atoms with Gasteiger partial charge >= 0.3 is 5.69 Å². The largest absolute Gasteiger partial charge is 0.480 e. The molecule has 110 valence electrons. The summed E-state index contributed by atoms with van der Waals surface area (Å²) in [6, 6.07) is 5.01. The zero-order valence-electron chi connectivity index (χ0n) is 11.3. The Hall–Kier alpha value is -1.18. The molecule has 0 saturated heterocycles. The Balaban J connectivity index is 2.13. The standard InChI is InChI=1S/C13H17BrN2O4/c1-3-15-9-7-11(13(9)19-2)20-12-8(14)5-4-6-10(12)16(17)18/h4-6,9,11,13,15H,3,7H2,1-2H3. The first-order chi connectivity index (χ1) is 9.58. The van der Waals surface area contributed by atoms with Crippen molar-refractivity contribution < 1.29 is 14.4 Å². The van der Waals surface area contributed by atoms with Crippen LogP contribution in [0.1, 0.15) is 13.3 Å². The van der Waals surface area contributed by atoms with E-state index in [0.717, 1.165) is 13.0 Å². The fourth-order valence-corrected chi connectivity index (χ4v) is 2.83. The number of nitrogens with zero attached hydrogens (tertiary/aromatic N) is 1. The predicted molar refractivity (Wildman–Crippen MR) is 78.1 cm³/mol. The lowest BCUT2D eigenvalue weighted by atomic mass is 9.85. The predicted octanol–water partition coefficient (Wildman–Crippen LogP) is 2.50. The van der Waals surface area contributed by atoms with Crippen LogP contribution in [0.15, 0.2) is 22.7 Å². The number of para-hydroxylation sites is 1. The maximum absolute atomic E-state index is 11.0. The first kappa shape index (κ1) is 15.2. The maximum atomic E-state index is 11.0. The molecule has 1 aliphatic rings. The Morgan fingerprint density at radius 3 is 2.90 bits per heavy atom. The molecule has 0 amide bonds. The van der Waals surface area contributed by atoms with Crippen LogP contribution in [0.2, 0.25) is 0 Å². The summed E-state index contributed by atoms with van der Waals surface area (Å²) in [5.41, 5.74) is -0.0406. The fraction of sp³-hybridized carbons (Fsp3) is 0.538. The van der Waals surface area contributed by atoms with Crippen LogP contribution >= 0.6 is 15.9 Å². The number of hydrogen-bond acceptors (Lipinski definition) is 5. The monoisotopic (exact) mass is 344 g/mol. The summed E-state index contributed by atoms with van der Waals surface area (Å²) in [5, 5.41) is 14.3. The van der Waals surface area contributed by atoms with E-state index in [0.29, 0.717) is 4.47 Å². The van der Waals surface area contributed by atoms with Gasteiger partial charge in [0.05, 0.1) is 9.40 Å². The van der Waals surface area contributed by atoms with Gasteiger partial charge in [-0.1, -0.05) is 13.0 Å². The highest BCUT2D eigenvalue weighted by Gasteiger charge is 2.43. The molecule has 1 N–H and O–H groups in total. The second-order valence-electron chi connectivity index (χ2n) is 4.60. The van der Waals surface area contributed by atoms with Crippen LogP contribution in [0.25, 0.3) is 0 Å². The molecule has 0 aromatic heterocycles. The Kier molecular flexibility index (Phi) is 4.95. The van der Waals surface area contributed by atoms with Crippen LogP contribution in [0.3, 0.4) is 0 Å². The van der Waals surface area contributed by atoms with Crippen molar-refractivity contribution in [2.24, 2.45) is 0 Å². The molecule has 2 rings (SSSR count). The Morgan fingerprint density at radius 2 is 2.30 bits per heavy atom. The molecule has 0 bridgehead atoms. The number of rotatable bonds is 6. The quantitative estimate of drug-likeness (QED) is 0.633. The summed E-state index contributed by atoms with van der Waals surface area (Å²) in [5.74, 6) is 0.263. The van der Waals surface area contributed by atoms with Crippen LogP contribution in [-0.2, 0) is 4.74 Å². The van der Waals surface area contributed by atoms with Crippen molar-refractivity contribution in [1.82, 2.24) is 5.32 Å². The van der Waals surface area contributed by atoms with Gasteiger partial charge in [0.25, 0.3) is 0 Å². The van der Waals surface area contributed by atoms with Crippen LogP contribution in [0.4, 0.5) is 5.69 Å². The van der Waals surface area contributed by atoms with E-state index in [4.69, 9.17) is 9.47 Å². The van der Waals surface area contributed by atoms with Gasteiger partial charge in [0.15, 0.2) is 0 Å². The molecule has 20 heavy (non-hydrogen) atoms. The van der Waals surface area contributed by atoms with Gasteiger partial charge in [-0.15, -0.1) is 0 Å². The Labute approximate surface area is 125 Å². The molecule has 0 aliphatic heterocycles. The molecule has 1 fully saturated rings. The summed E-state index contributed by atoms with van der Waals surface area (Å²) >= 11 is 3.30. The van der Waals surface area contributed by atoms with Crippen molar-refractivity contribution in [3.8, 4) is 5.75 Å². The molecule has 3 unspecified atom stereocenters. The number of methoxy groups -OCH3 is 1. The van der Waals surface area contributed by atoms with Gasteiger partial charge in [0, 0.05) is 25.6 Å². The van der Waals surface area contributed by atoms with Gasteiger partial charge in [-0.05, 0) is 28.5 Å². The first-order valence-corrected chi connectivity index (χ1v) is 7.23. The van der Waals surface area contributed by atoms with Gasteiger partial charge in [-0.25, -0.2) is 0 Å². The Bertz CT molecular complexity index is 497. The third kappa shape index (κ3) is 2.94. The van der Waals surface area contributed by atoms with Crippen LogP contribution in [0.5, 0.6) is 5.75 Å². The van der Waals surface area contributed by atoms with Crippen molar-refractivity contribution in [3.05, 3.63) is 32.8 Å². The summed E-state index contributed by atoms with van der Waals surface area (Å²) in [4.78, 5) is 10.6. The number of hydrogen-bond donors (Lipinski definition) is 1. The molecule has 0 radical (unpaired) electrons. The number of benzene rings is 1. The molecular formula is C13H17BrN2O4. The second kappa shape index (κ2) is 6.51. The van der Waals surface area contributed by atoms with E-state index in [-0.39, 0.29) is 29.7 Å². The highest BCUT2D eigenvalue weighted by atomic mass is 79.9. The zero-order chi connectivity index (χ0) is 14.7. The smallest absolute Gasteiger partial charge is 0.312 e. The molecule has 1 aromatic rings. The van der Waals surface area contributed by atoms with E-state index >= 15 is 0 Å². The minimum absolute atomic E-state index is 0.0406. The fourth-order valence-electron chi connectivity index (χ4n) is 2.38. The lowest BCUT2D eigenvalue weighted by Gasteiger charge is -2.43. The normalized spacial score (nSPS) is 25.1. The highest BCUT2D eigenvalue weighted by molar-refractivity contribution is 9.10. The molecule has 6 nitrogen and oxygen atoms in total. The third-order valence-electron chi connectivity index (χ3n) is 3.40. The maximum Gasteiger partial charge on any atom is 0.312 e. The molecular weight excluding hydrogens is 328 g/mol. The van der Waals surface area contributed by atoms with E-state index in [2.05, 4.69) is 21.2 Å². The van der Waals surface area contributed by atoms with Crippen molar-refractivity contribution in [2.75, 3.05) is 13.7 Å². The van der Waals surface area contributed by atoms with Crippen molar-refractivity contribution >= 4 is 21.6 Å². The topological polar surface area (TPSA) is 73.6 Å². The lowest BCUT2D eigenvalue weighted by Crippen LogP contribution is -2.60. The molecule has 1 aliphatic carbocycles. The van der Waals surface area contributed by atoms with Crippen molar-refractivity contribution in [3.63, 3.8) is 0 Å². The van der Waals surface area contributed by atoms with E-state index in [1.165, 1.54) is 6.07 Å². The molecule has 3 atom stereocenters. The third-order valence-corrected chi connectivity index (χ3v) is 4.02. The zero-order valence-corrected chi connectivity index (χ0v) is 12.9. The molecule has 0 spiro atoms. The second-order valence-corrected chi connectivity index (χ2v) is 5.46. The summed E-state index contributed by atoms with van der Waals surface area (Å²) in [6.45, 7) is 2.88. The van der Waals surface area contributed by atoms with Crippen LogP contribution < -0.4 is 10.1 Å². The van der Waals surface area contributed by atoms with Crippen LogP contribution in [-0.4, -0.2) is 36.8 Å². The highest BCUT2D eigenvalue weighted by Crippen LogP contribution is 2.38. The minimum atomic E-state index is -0.442. The number of halogens is 1. The van der Waals surface area contributed by atoms with E-state index in [1.807, 2.05) is 6.92 Å². The summed E-state index contributed by atoms with van der Waals surface area (Å²) in [6.07, 6.45) is 0.494. The van der Waals surface area contributed by atoms with Gasteiger partial charge in [0.2, 0.25) is 5.75 Å². The van der Waals surface area contributed by atoms with Gasteiger partial charge in [-0.2, -0.15) is 0 Å². The SMILES string of the molecule is CCNC1CC(Oc2c(Br)cccc2[N+](=O)[O-])C1OC. The van der Waals surface area contributed by atoms with Crippen molar-refractivity contribution in [2.45, 2.75) is 31.6 Å². The number of nitro benzene ring substituents is 1. The molecule has 1 saturated carbocycles.